The van der Waals surface area contributed by atoms with Crippen LogP contribution in [0.4, 0.5) is 0 Å². The first-order valence-corrected chi connectivity index (χ1v) is 7.42. The molecule has 2 atom stereocenters. The standard InChI is InChI=1S/C20H20O/c1-20(2)18(19(20)14-21)13-17(15-9-5-3-6-10-15)16-11-7-4-8-12-16/h3-14,18-19H,1-2H3. The van der Waals surface area contributed by atoms with Gasteiger partial charge >= 0.3 is 0 Å². The Hall–Kier alpha value is -2.15. The second kappa shape index (κ2) is 5.33. The van der Waals surface area contributed by atoms with Crippen LogP contribution in [0.5, 0.6) is 0 Å². The molecule has 0 radical (unpaired) electrons. The molecule has 0 aliphatic heterocycles. The summed E-state index contributed by atoms with van der Waals surface area (Å²) in [6.45, 7) is 4.34. The van der Waals surface area contributed by atoms with E-state index in [9.17, 15) is 4.79 Å². The van der Waals surface area contributed by atoms with Gasteiger partial charge in [-0.2, -0.15) is 0 Å². The van der Waals surface area contributed by atoms with Gasteiger partial charge in [0.1, 0.15) is 6.29 Å². The molecule has 2 aromatic rings. The van der Waals surface area contributed by atoms with Gasteiger partial charge in [-0.15, -0.1) is 0 Å². The summed E-state index contributed by atoms with van der Waals surface area (Å²) in [4.78, 5) is 11.2. The fourth-order valence-corrected chi connectivity index (χ4v) is 3.07. The molecule has 0 amide bonds. The summed E-state index contributed by atoms with van der Waals surface area (Å²) >= 11 is 0. The average molecular weight is 276 g/mol. The second-order valence-electron chi connectivity index (χ2n) is 6.32. The molecule has 0 N–H and O–H groups in total. The lowest BCUT2D eigenvalue weighted by Crippen LogP contribution is -1.92. The summed E-state index contributed by atoms with van der Waals surface area (Å²) in [5.74, 6) is 0.463. The van der Waals surface area contributed by atoms with E-state index in [4.69, 9.17) is 0 Å². The van der Waals surface area contributed by atoms with E-state index in [-0.39, 0.29) is 11.3 Å². The molecular formula is C20H20O. The fourth-order valence-electron chi connectivity index (χ4n) is 3.07. The predicted molar refractivity (Wildman–Crippen MR) is 86.8 cm³/mol. The third-order valence-corrected chi connectivity index (χ3v) is 4.66. The summed E-state index contributed by atoms with van der Waals surface area (Å²) in [5, 5.41) is 0. The first-order valence-electron chi connectivity index (χ1n) is 7.42. The molecule has 0 heterocycles. The topological polar surface area (TPSA) is 17.1 Å². The van der Waals surface area contributed by atoms with Crippen molar-refractivity contribution >= 4 is 11.9 Å². The van der Waals surface area contributed by atoms with Gasteiger partial charge < -0.3 is 4.79 Å². The summed E-state index contributed by atoms with van der Waals surface area (Å²) in [7, 11) is 0. The summed E-state index contributed by atoms with van der Waals surface area (Å²) < 4.78 is 0. The van der Waals surface area contributed by atoms with Crippen LogP contribution in [0, 0.1) is 17.3 Å². The smallest absolute Gasteiger partial charge is 0.124 e. The van der Waals surface area contributed by atoms with Crippen molar-refractivity contribution in [3.63, 3.8) is 0 Å². The van der Waals surface area contributed by atoms with Gasteiger partial charge in [-0.05, 0) is 28.0 Å². The van der Waals surface area contributed by atoms with E-state index in [1.165, 1.54) is 16.7 Å². The summed E-state index contributed by atoms with van der Waals surface area (Å²) in [6.07, 6.45) is 3.39. The van der Waals surface area contributed by atoms with Crippen LogP contribution in [0.25, 0.3) is 5.57 Å². The lowest BCUT2D eigenvalue weighted by Gasteiger charge is -2.09. The van der Waals surface area contributed by atoms with E-state index in [2.05, 4.69) is 68.5 Å². The molecule has 21 heavy (non-hydrogen) atoms. The highest BCUT2D eigenvalue weighted by Gasteiger charge is 2.56. The van der Waals surface area contributed by atoms with Crippen LogP contribution in [0.3, 0.4) is 0 Å². The molecule has 2 aromatic carbocycles. The van der Waals surface area contributed by atoms with Crippen LogP contribution >= 0.6 is 0 Å². The largest absolute Gasteiger partial charge is 0.303 e. The molecule has 0 spiro atoms. The predicted octanol–water partition coefficient (Wildman–Crippen LogP) is 4.59. The summed E-state index contributed by atoms with van der Waals surface area (Å²) in [6, 6.07) is 20.8. The van der Waals surface area contributed by atoms with E-state index in [0.717, 1.165) is 6.29 Å². The number of aldehydes is 1. The minimum atomic E-state index is 0.0799. The molecular weight excluding hydrogens is 256 g/mol. The number of carbonyl (C=O) groups excluding carboxylic acids is 1. The highest BCUT2D eigenvalue weighted by molar-refractivity contribution is 5.81. The molecule has 1 aliphatic rings. The van der Waals surface area contributed by atoms with Gasteiger partial charge in [0.15, 0.2) is 0 Å². The SMILES string of the molecule is CC1(C)C(C=O)C1C=C(c1ccccc1)c1ccccc1. The maximum atomic E-state index is 11.2. The van der Waals surface area contributed by atoms with Crippen LogP contribution in [0.2, 0.25) is 0 Å². The Labute approximate surface area is 126 Å². The van der Waals surface area contributed by atoms with E-state index in [0.29, 0.717) is 5.92 Å². The van der Waals surface area contributed by atoms with Gasteiger partial charge in [-0.25, -0.2) is 0 Å². The van der Waals surface area contributed by atoms with Crippen LogP contribution in [-0.2, 0) is 4.79 Å². The lowest BCUT2D eigenvalue weighted by atomic mass is 9.95. The highest BCUT2D eigenvalue weighted by Crippen LogP contribution is 2.58. The molecule has 2 unspecified atom stereocenters. The normalized spacial score (nSPS) is 22.4. The van der Waals surface area contributed by atoms with Crippen molar-refractivity contribution in [3.05, 3.63) is 77.9 Å². The maximum Gasteiger partial charge on any atom is 0.124 e. The Kier molecular flexibility index (Phi) is 3.50. The van der Waals surface area contributed by atoms with Crippen LogP contribution in [0.1, 0.15) is 25.0 Å². The quantitative estimate of drug-likeness (QED) is 0.746. The van der Waals surface area contributed by atoms with Crippen molar-refractivity contribution in [1.82, 2.24) is 0 Å². The number of benzene rings is 2. The first-order chi connectivity index (χ1) is 10.1. The number of hydrogen-bond donors (Lipinski definition) is 0. The summed E-state index contributed by atoms with van der Waals surface area (Å²) in [5.41, 5.74) is 3.71. The van der Waals surface area contributed by atoms with Gasteiger partial charge in [-0.3, -0.25) is 0 Å². The van der Waals surface area contributed by atoms with Crippen LogP contribution in [0.15, 0.2) is 66.7 Å². The van der Waals surface area contributed by atoms with E-state index in [1.807, 2.05) is 12.1 Å². The van der Waals surface area contributed by atoms with Crippen molar-refractivity contribution < 1.29 is 4.79 Å². The zero-order valence-corrected chi connectivity index (χ0v) is 12.5. The maximum absolute atomic E-state index is 11.2. The van der Waals surface area contributed by atoms with Crippen LogP contribution < -0.4 is 0 Å². The van der Waals surface area contributed by atoms with E-state index >= 15 is 0 Å². The minimum absolute atomic E-state index is 0.0799. The molecule has 1 heteroatoms. The first kappa shape index (κ1) is 13.8. The Morgan fingerprint density at radius 1 is 0.857 bits per heavy atom. The molecule has 0 bridgehead atoms. The minimum Gasteiger partial charge on any atom is -0.303 e. The third-order valence-electron chi connectivity index (χ3n) is 4.66. The number of allylic oxidation sites excluding steroid dienone is 1. The van der Waals surface area contributed by atoms with Gasteiger partial charge in [0.25, 0.3) is 0 Å². The number of hydrogen-bond acceptors (Lipinski definition) is 1. The molecule has 1 aliphatic carbocycles. The van der Waals surface area contributed by atoms with Crippen molar-refractivity contribution in [2.45, 2.75) is 13.8 Å². The Morgan fingerprint density at radius 2 is 1.33 bits per heavy atom. The Balaban J connectivity index is 2.04. The molecule has 0 aromatic heterocycles. The zero-order chi connectivity index (χ0) is 14.9. The molecule has 1 fully saturated rings. The van der Waals surface area contributed by atoms with Gasteiger partial charge in [-0.1, -0.05) is 80.6 Å². The van der Waals surface area contributed by atoms with Gasteiger partial charge in [0, 0.05) is 5.92 Å². The molecule has 0 saturated heterocycles. The van der Waals surface area contributed by atoms with E-state index in [1.54, 1.807) is 0 Å². The third kappa shape index (κ3) is 2.56. The van der Waals surface area contributed by atoms with Crippen molar-refractivity contribution in [3.8, 4) is 0 Å². The van der Waals surface area contributed by atoms with Gasteiger partial charge in [0.05, 0.1) is 0 Å². The Bertz CT molecular complexity index is 611. The monoisotopic (exact) mass is 276 g/mol. The molecule has 1 nitrogen and oxygen atoms in total. The molecule has 1 saturated carbocycles. The van der Waals surface area contributed by atoms with Gasteiger partial charge in [0.2, 0.25) is 0 Å². The average Bonchev–Trinajstić information content (AvgIpc) is 3.06. The van der Waals surface area contributed by atoms with E-state index < -0.39 is 0 Å². The van der Waals surface area contributed by atoms with Crippen molar-refractivity contribution in [2.24, 2.45) is 17.3 Å². The second-order valence-corrected chi connectivity index (χ2v) is 6.32. The number of rotatable bonds is 4. The van der Waals surface area contributed by atoms with Crippen LogP contribution in [-0.4, -0.2) is 6.29 Å². The molecule has 3 rings (SSSR count). The highest BCUT2D eigenvalue weighted by atomic mass is 16.1. The van der Waals surface area contributed by atoms with Crippen molar-refractivity contribution in [2.75, 3.05) is 0 Å². The lowest BCUT2D eigenvalue weighted by molar-refractivity contribution is -0.109. The Morgan fingerprint density at radius 3 is 1.71 bits per heavy atom. The number of carbonyl (C=O) groups is 1. The zero-order valence-electron chi connectivity index (χ0n) is 12.5. The van der Waals surface area contributed by atoms with Crippen molar-refractivity contribution in [1.29, 1.82) is 0 Å². The molecule has 106 valence electrons. The fraction of sp³-hybridized carbons (Fsp3) is 0.250.